The van der Waals surface area contributed by atoms with Gasteiger partial charge >= 0.3 is 0 Å². The molecule has 0 aliphatic heterocycles. The molecule has 2 rings (SSSR count). The van der Waals surface area contributed by atoms with Crippen LogP contribution in [-0.4, -0.2) is 7.05 Å². The molecule has 0 aliphatic carbocycles. The first-order valence-corrected chi connectivity index (χ1v) is 5.14. The minimum atomic E-state index is 0.219. The molecule has 2 aromatic rings. The van der Waals surface area contributed by atoms with Crippen LogP contribution in [0.25, 0.3) is 10.8 Å². The number of benzene rings is 2. The first-order valence-electron chi connectivity index (χ1n) is 5.14. The van der Waals surface area contributed by atoms with E-state index in [9.17, 15) is 0 Å². The van der Waals surface area contributed by atoms with Gasteiger partial charge in [0.05, 0.1) is 6.04 Å². The van der Waals surface area contributed by atoms with Gasteiger partial charge in [-0.15, -0.1) is 6.58 Å². The Balaban J connectivity index is 2.64. The summed E-state index contributed by atoms with van der Waals surface area (Å²) < 4.78 is 0. The molecule has 0 aromatic heterocycles. The maximum atomic E-state index is 3.85. The molecular weight excluding hydrogens is 182 g/mol. The van der Waals surface area contributed by atoms with Crippen molar-refractivity contribution in [3.8, 4) is 0 Å². The lowest BCUT2D eigenvalue weighted by Crippen LogP contribution is -2.13. The predicted molar refractivity (Wildman–Crippen MR) is 65.9 cm³/mol. The molecule has 0 aliphatic rings. The number of likely N-dealkylation sites (N-methyl/N-ethyl adjacent to an activating group) is 1. The zero-order chi connectivity index (χ0) is 10.7. The Morgan fingerprint density at radius 1 is 1.13 bits per heavy atom. The summed E-state index contributed by atoms with van der Waals surface area (Å²) in [5.41, 5.74) is 1.28. The summed E-state index contributed by atoms with van der Waals surface area (Å²) >= 11 is 0. The van der Waals surface area contributed by atoms with E-state index in [-0.39, 0.29) is 6.04 Å². The molecule has 0 heterocycles. The average molecular weight is 197 g/mol. The second kappa shape index (κ2) is 4.28. The van der Waals surface area contributed by atoms with Gasteiger partial charge in [-0.25, -0.2) is 0 Å². The van der Waals surface area contributed by atoms with Crippen LogP contribution in [0.5, 0.6) is 0 Å². The molecule has 1 N–H and O–H groups in total. The monoisotopic (exact) mass is 197 g/mol. The molecule has 0 saturated heterocycles. The summed E-state index contributed by atoms with van der Waals surface area (Å²) in [7, 11) is 1.95. The van der Waals surface area contributed by atoms with Crippen molar-refractivity contribution in [2.45, 2.75) is 6.04 Å². The molecule has 0 radical (unpaired) electrons. The van der Waals surface area contributed by atoms with Crippen LogP contribution in [0.3, 0.4) is 0 Å². The molecule has 0 saturated carbocycles. The lowest BCUT2D eigenvalue weighted by atomic mass is 9.99. The van der Waals surface area contributed by atoms with E-state index < -0.39 is 0 Å². The molecule has 1 atom stereocenters. The van der Waals surface area contributed by atoms with Crippen molar-refractivity contribution in [1.82, 2.24) is 5.32 Å². The summed E-state index contributed by atoms with van der Waals surface area (Å²) in [6.07, 6.45) is 1.93. The van der Waals surface area contributed by atoms with E-state index in [0.717, 1.165) is 0 Å². The van der Waals surface area contributed by atoms with Crippen molar-refractivity contribution in [3.63, 3.8) is 0 Å². The molecular formula is C14H15N. The van der Waals surface area contributed by atoms with E-state index in [1.807, 2.05) is 13.1 Å². The van der Waals surface area contributed by atoms with Gasteiger partial charge in [0.25, 0.3) is 0 Å². The highest BCUT2D eigenvalue weighted by Crippen LogP contribution is 2.24. The fraction of sp³-hybridized carbons (Fsp3) is 0.143. The molecule has 2 aromatic carbocycles. The van der Waals surface area contributed by atoms with E-state index in [1.54, 1.807) is 0 Å². The predicted octanol–water partition coefficient (Wildman–Crippen LogP) is 3.29. The van der Waals surface area contributed by atoms with Crippen molar-refractivity contribution in [2.75, 3.05) is 7.05 Å². The fourth-order valence-corrected chi connectivity index (χ4v) is 1.92. The van der Waals surface area contributed by atoms with Gasteiger partial charge in [0, 0.05) is 0 Å². The maximum Gasteiger partial charge on any atom is 0.0507 e. The summed E-state index contributed by atoms with van der Waals surface area (Å²) in [5, 5.41) is 5.81. The normalized spacial score (nSPS) is 12.6. The molecule has 15 heavy (non-hydrogen) atoms. The molecule has 1 heteroatoms. The summed E-state index contributed by atoms with van der Waals surface area (Å²) in [5.74, 6) is 0. The van der Waals surface area contributed by atoms with Crippen molar-refractivity contribution in [1.29, 1.82) is 0 Å². The fourth-order valence-electron chi connectivity index (χ4n) is 1.92. The van der Waals surface area contributed by atoms with Crippen molar-refractivity contribution < 1.29 is 0 Å². The third-order valence-electron chi connectivity index (χ3n) is 2.71. The maximum absolute atomic E-state index is 3.85. The number of nitrogens with one attached hydrogen (secondary N) is 1. The average Bonchev–Trinajstić information content (AvgIpc) is 2.31. The molecule has 76 valence electrons. The Labute approximate surface area is 90.4 Å². The van der Waals surface area contributed by atoms with Crippen molar-refractivity contribution in [3.05, 3.63) is 60.7 Å². The quantitative estimate of drug-likeness (QED) is 0.744. The van der Waals surface area contributed by atoms with Crippen LogP contribution in [-0.2, 0) is 0 Å². The minimum absolute atomic E-state index is 0.219. The van der Waals surface area contributed by atoms with E-state index in [1.165, 1.54) is 16.3 Å². The van der Waals surface area contributed by atoms with E-state index in [0.29, 0.717) is 0 Å². The highest BCUT2D eigenvalue weighted by atomic mass is 14.9. The van der Waals surface area contributed by atoms with Gasteiger partial charge in [-0.1, -0.05) is 48.5 Å². The highest BCUT2D eigenvalue weighted by molar-refractivity contribution is 5.86. The van der Waals surface area contributed by atoms with Gasteiger partial charge in [-0.05, 0) is 23.4 Å². The van der Waals surface area contributed by atoms with Crippen LogP contribution in [0.15, 0.2) is 55.1 Å². The van der Waals surface area contributed by atoms with Crippen molar-refractivity contribution in [2.24, 2.45) is 0 Å². The Kier molecular flexibility index (Phi) is 2.84. The van der Waals surface area contributed by atoms with Crippen LogP contribution in [0.1, 0.15) is 11.6 Å². The molecule has 0 amide bonds. The van der Waals surface area contributed by atoms with Crippen LogP contribution in [0.4, 0.5) is 0 Å². The van der Waals surface area contributed by atoms with Crippen molar-refractivity contribution >= 4 is 10.8 Å². The van der Waals surface area contributed by atoms with Gasteiger partial charge in [0.2, 0.25) is 0 Å². The SMILES string of the molecule is C=CC(NC)c1cccc2ccccc12. The highest BCUT2D eigenvalue weighted by Gasteiger charge is 2.07. The zero-order valence-corrected chi connectivity index (χ0v) is 8.90. The van der Waals surface area contributed by atoms with Gasteiger partial charge in [0.1, 0.15) is 0 Å². The summed E-state index contributed by atoms with van der Waals surface area (Å²) in [6.45, 7) is 3.85. The summed E-state index contributed by atoms with van der Waals surface area (Å²) in [4.78, 5) is 0. The smallest absolute Gasteiger partial charge is 0.0507 e. The van der Waals surface area contributed by atoms with E-state index in [2.05, 4.69) is 54.4 Å². The molecule has 0 spiro atoms. The number of fused-ring (bicyclic) bond motifs is 1. The number of hydrogen-bond donors (Lipinski definition) is 1. The Morgan fingerprint density at radius 2 is 1.87 bits per heavy atom. The number of hydrogen-bond acceptors (Lipinski definition) is 1. The third-order valence-corrected chi connectivity index (χ3v) is 2.71. The van der Waals surface area contributed by atoms with E-state index >= 15 is 0 Å². The van der Waals surface area contributed by atoms with Crippen LogP contribution in [0.2, 0.25) is 0 Å². The van der Waals surface area contributed by atoms with Gasteiger partial charge in [-0.3, -0.25) is 0 Å². The second-order valence-electron chi connectivity index (χ2n) is 3.57. The minimum Gasteiger partial charge on any atom is -0.310 e. The van der Waals surface area contributed by atoms with E-state index in [4.69, 9.17) is 0 Å². The Hall–Kier alpha value is -1.60. The topological polar surface area (TPSA) is 12.0 Å². The van der Waals surface area contributed by atoms with Gasteiger partial charge < -0.3 is 5.32 Å². The first kappa shape index (κ1) is 9.94. The third kappa shape index (κ3) is 1.79. The van der Waals surface area contributed by atoms with Gasteiger partial charge in [0.15, 0.2) is 0 Å². The van der Waals surface area contributed by atoms with Gasteiger partial charge in [-0.2, -0.15) is 0 Å². The lowest BCUT2D eigenvalue weighted by molar-refractivity contribution is 0.722. The Bertz CT molecular complexity index is 468. The largest absolute Gasteiger partial charge is 0.310 e. The standard InChI is InChI=1S/C14H15N/c1-3-14(15-2)13-10-6-8-11-7-4-5-9-12(11)13/h3-10,14-15H,1H2,2H3. The molecule has 0 fully saturated rings. The first-order chi connectivity index (χ1) is 7.36. The Morgan fingerprint density at radius 3 is 2.60 bits per heavy atom. The molecule has 1 unspecified atom stereocenters. The number of rotatable bonds is 3. The van der Waals surface area contributed by atoms with Crippen LogP contribution in [0, 0.1) is 0 Å². The molecule has 0 bridgehead atoms. The summed E-state index contributed by atoms with van der Waals surface area (Å²) in [6, 6.07) is 15.0. The van der Waals surface area contributed by atoms with Crippen LogP contribution < -0.4 is 5.32 Å². The van der Waals surface area contributed by atoms with Crippen LogP contribution >= 0.6 is 0 Å². The second-order valence-corrected chi connectivity index (χ2v) is 3.57. The molecule has 1 nitrogen and oxygen atoms in total. The zero-order valence-electron chi connectivity index (χ0n) is 8.90. The lowest BCUT2D eigenvalue weighted by Gasteiger charge is -2.14.